The molecule has 4 aliphatic rings. The lowest BCUT2D eigenvalue weighted by Gasteiger charge is -2.38. The predicted molar refractivity (Wildman–Crippen MR) is 157 cm³/mol. The van der Waals surface area contributed by atoms with Crippen LogP contribution in [-0.2, 0) is 10.2 Å². The number of fused-ring (bicyclic) bond motifs is 7. The number of hydrogen-bond donors (Lipinski definition) is 1. The first-order valence-corrected chi connectivity index (χ1v) is 14.1. The number of nitrogens with one attached hydrogen (secondary N) is 1. The second-order valence-corrected chi connectivity index (χ2v) is 11.3. The maximum absolute atomic E-state index is 14.8. The quantitative estimate of drug-likeness (QED) is 0.299. The molecule has 42 heavy (non-hydrogen) atoms. The van der Waals surface area contributed by atoms with E-state index in [2.05, 4.69) is 5.32 Å². The van der Waals surface area contributed by atoms with Gasteiger partial charge in [0.15, 0.2) is 23.1 Å². The maximum atomic E-state index is 14.8. The van der Waals surface area contributed by atoms with E-state index in [1.54, 1.807) is 42.5 Å². The van der Waals surface area contributed by atoms with Gasteiger partial charge in [0.2, 0.25) is 12.7 Å². The van der Waals surface area contributed by atoms with Crippen molar-refractivity contribution in [1.82, 2.24) is 4.90 Å². The fraction of sp³-hybridized carbons (Fsp3) is 0.147. The number of halogens is 1. The van der Waals surface area contributed by atoms with Crippen LogP contribution in [0.5, 0.6) is 11.5 Å². The molecule has 206 valence electrons. The van der Waals surface area contributed by atoms with Gasteiger partial charge in [-0.05, 0) is 71.3 Å². The van der Waals surface area contributed by atoms with Crippen molar-refractivity contribution in [3.05, 3.63) is 130 Å². The van der Waals surface area contributed by atoms with Crippen LogP contribution in [0.15, 0.2) is 97.2 Å². The molecule has 0 aromatic heterocycles. The summed E-state index contributed by atoms with van der Waals surface area (Å²) in [6, 6.07) is 25.3. The standard InChI is InChI=1S/C34H23ClN2O5/c35-22-12-9-20(10-13-22)30(38)28-29(31(39)21-11-14-26-27(17-21)42-18-41-26)37-16-15-19-5-1-2-6-23(19)32(37)34(28)24-7-3-4-8-25(24)36-33(34)40/h1-17,28-29,32H,18H2,(H,36,40)/t28-,29+,32-,34-/m1/s1. The molecule has 4 heterocycles. The van der Waals surface area contributed by atoms with Gasteiger partial charge < -0.3 is 19.7 Å². The molecule has 1 spiro atoms. The maximum Gasteiger partial charge on any atom is 0.238 e. The summed E-state index contributed by atoms with van der Waals surface area (Å²) in [5.74, 6) is -0.953. The van der Waals surface area contributed by atoms with Crippen LogP contribution in [0.3, 0.4) is 0 Å². The van der Waals surface area contributed by atoms with Crippen LogP contribution in [-0.4, -0.2) is 35.2 Å². The summed E-state index contributed by atoms with van der Waals surface area (Å²) in [5.41, 5.74) is 2.49. The van der Waals surface area contributed by atoms with Crippen LogP contribution >= 0.6 is 11.6 Å². The van der Waals surface area contributed by atoms with Crippen molar-refractivity contribution in [3.8, 4) is 11.5 Å². The molecule has 1 N–H and O–H groups in total. The van der Waals surface area contributed by atoms with E-state index in [0.717, 1.165) is 11.1 Å². The highest BCUT2D eigenvalue weighted by Crippen LogP contribution is 2.62. The summed E-state index contributed by atoms with van der Waals surface area (Å²) in [6.07, 6.45) is 3.79. The first-order chi connectivity index (χ1) is 20.5. The van der Waals surface area contributed by atoms with Crippen molar-refractivity contribution in [2.75, 3.05) is 12.1 Å². The molecule has 0 saturated carbocycles. The Labute approximate surface area is 246 Å². The molecule has 4 aromatic carbocycles. The Bertz CT molecular complexity index is 1850. The van der Waals surface area contributed by atoms with Gasteiger partial charge in [-0.15, -0.1) is 0 Å². The molecule has 4 aliphatic heterocycles. The number of ketones is 2. The van der Waals surface area contributed by atoms with E-state index in [1.807, 2.05) is 65.7 Å². The van der Waals surface area contributed by atoms with Crippen LogP contribution < -0.4 is 14.8 Å². The van der Waals surface area contributed by atoms with E-state index in [4.69, 9.17) is 21.1 Å². The van der Waals surface area contributed by atoms with E-state index in [1.165, 1.54) is 0 Å². The van der Waals surface area contributed by atoms with Crippen LogP contribution in [0.2, 0.25) is 5.02 Å². The monoisotopic (exact) mass is 574 g/mol. The number of hydrogen-bond acceptors (Lipinski definition) is 6. The van der Waals surface area contributed by atoms with Crippen molar-refractivity contribution in [2.45, 2.75) is 17.5 Å². The lowest BCUT2D eigenvalue weighted by Crippen LogP contribution is -2.49. The molecular formula is C34H23ClN2O5. The fourth-order valence-corrected chi connectivity index (χ4v) is 7.31. The van der Waals surface area contributed by atoms with Crippen molar-refractivity contribution < 1.29 is 23.9 Å². The third-order valence-electron chi connectivity index (χ3n) is 8.91. The van der Waals surface area contributed by atoms with Crippen molar-refractivity contribution in [3.63, 3.8) is 0 Å². The van der Waals surface area contributed by atoms with Crippen LogP contribution in [0, 0.1) is 5.92 Å². The average Bonchev–Trinajstić information content (AvgIpc) is 3.70. The van der Waals surface area contributed by atoms with Crippen molar-refractivity contribution in [1.29, 1.82) is 0 Å². The van der Waals surface area contributed by atoms with Gasteiger partial charge in [0.05, 0.1) is 12.0 Å². The minimum Gasteiger partial charge on any atom is -0.454 e. The topological polar surface area (TPSA) is 84.9 Å². The zero-order chi connectivity index (χ0) is 28.6. The number of rotatable bonds is 4. The smallest absolute Gasteiger partial charge is 0.238 e. The van der Waals surface area contributed by atoms with Gasteiger partial charge in [-0.1, -0.05) is 54.1 Å². The summed E-state index contributed by atoms with van der Waals surface area (Å²) < 4.78 is 11.0. The molecule has 0 bridgehead atoms. The summed E-state index contributed by atoms with van der Waals surface area (Å²) in [4.78, 5) is 45.9. The summed E-state index contributed by atoms with van der Waals surface area (Å²) in [6.45, 7) is 0.0713. The lowest BCUT2D eigenvalue weighted by molar-refractivity contribution is -0.122. The van der Waals surface area contributed by atoms with Gasteiger partial charge in [0.25, 0.3) is 0 Å². The second-order valence-electron chi connectivity index (χ2n) is 10.9. The lowest BCUT2D eigenvalue weighted by atomic mass is 9.62. The van der Waals surface area contributed by atoms with Gasteiger partial charge in [-0.25, -0.2) is 0 Å². The van der Waals surface area contributed by atoms with Gasteiger partial charge in [0, 0.05) is 28.0 Å². The van der Waals surface area contributed by atoms with Crippen molar-refractivity contribution >= 4 is 40.8 Å². The number of nitrogens with zero attached hydrogens (tertiary/aromatic N) is 1. The predicted octanol–water partition coefficient (Wildman–Crippen LogP) is 6.05. The normalized spacial score (nSPS) is 24.3. The van der Waals surface area contributed by atoms with E-state index in [0.29, 0.717) is 38.9 Å². The molecule has 8 heteroatoms. The molecule has 1 amide bonds. The molecule has 1 fully saturated rings. The van der Waals surface area contributed by atoms with Crippen LogP contribution in [0.25, 0.3) is 6.08 Å². The Kier molecular flexibility index (Phi) is 5.37. The molecule has 0 aliphatic carbocycles. The number of para-hydroxylation sites is 1. The Hall–Kier alpha value is -4.88. The van der Waals surface area contributed by atoms with E-state index < -0.39 is 23.4 Å². The summed E-state index contributed by atoms with van der Waals surface area (Å²) in [7, 11) is 0. The van der Waals surface area contributed by atoms with E-state index >= 15 is 0 Å². The zero-order valence-electron chi connectivity index (χ0n) is 22.1. The number of amides is 1. The Morgan fingerprint density at radius 3 is 2.45 bits per heavy atom. The van der Waals surface area contributed by atoms with E-state index in [9.17, 15) is 14.4 Å². The summed E-state index contributed by atoms with van der Waals surface area (Å²) in [5, 5.41) is 3.55. The highest BCUT2D eigenvalue weighted by Gasteiger charge is 2.70. The van der Waals surface area contributed by atoms with E-state index in [-0.39, 0.29) is 24.3 Å². The largest absolute Gasteiger partial charge is 0.454 e. The molecular weight excluding hydrogens is 552 g/mol. The fourth-order valence-electron chi connectivity index (χ4n) is 7.18. The van der Waals surface area contributed by atoms with Gasteiger partial charge in [-0.3, -0.25) is 14.4 Å². The highest BCUT2D eigenvalue weighted by atomic mass is 35.5. The third kappa shape index (κ3) is 3.31. The first kappa shape index (κ1) is 24.9. The van der Waals surface area contributed by atoms with Crippen molar-refractivity contribution in [2.24, 2.45) is 5.92 Å². The SMILES string of the molecule is O=C(c1ccc2c(c1)OCO2)[C@@H]1[C@H](C(=O)c2ccc(Cl)cc2)[C@@]2(C(=O)Nc3ccccc32)[C@H]2c3ccccc3C=CN12. The molecule has 4 atom stereocenters. The number of ether oxygens (including phenoxy) is 2. The van der Waals surface area contributed by atoms with Gasteiger partial charge >= 0.3 is 0 Å². The third-order valence-corrected chi connectivity index (χ3v) is 9.16. The zero-order valence-corrected chi connectivity index (χ0v) is 22.9. The number of carbonyl (C=O) groups is 3. The molecule has 7 nitrogen and oxygen atoms in total. The highest BCUT2D eigenvalue weighted by molar-refractivity contribution is 6.30. The Morgan fingerprint density at radius 1 is 0.857 bits per heavy atom. The number of Topliss-reactive ketones (excluding diaryl/α,β-unsaturated/α-hetero) is 2. The van der Waals surface area contributed by atoms with Crippen LogP contribution in [0.4, 0.5) is 5.69 Å². The number of anilines is 1. The molecule has 8 rings (SSSR count). The number of benzene rings is 4. The van der Waals surface area contributed by atoms with Gasteiger partial charge in [0.1, 0.15) is 11.5 Å². The molecule has 0 radical (unpaired) electrons. The Morgan fingerprint density at radius 2 is 1.60 bits per heavy atom. The number of carbonyl (C=O) groups excluding carboxylic acids is 3. The second kappa shape index (κ2) is 9.06. The minimum absolute atomic E-state index is 0.0713. The average molecular weight is 575 g/mol. The molecule has 0 unspecified atom stereocenters. The van der Waals surface area contributed by atoms with Crippen LogP contribution in [0.1, 0.15) is 43.4 Å². The Balaban J connectivity index is 1.40. The first-order valence-electron chi connectivity index (χ1n) is 13.7. The minimum atomic E-state index is -1.40. The molecule has 1 saturated heterocycles. The van der Waals surface area contributed by atoms with Gasteiger partial charge in [-0.2, -0.15) is 0 Å². The molecule has 4 aromatic rings. The summed E-state index contributed by atoms with van der Waals surface area (Å²) >= 11 is 6.18.